The molecule has 1 aromatic heterocycles. The number of ether oxygens (including phenoxy) is 2. The molecule has 0 bridgehead atoms. The van der Waals surface area contributed by atoms with E-state index in [1.807, 2.05) is 52.0 Å². The molecule has 5 N–H and O–H groups in total. The van der Waals surface area contributed by atoms with Gasteiger partial charge in [0.05, 0.1) is 4.90 Å². The number of sulfonamides is 1. The van der Waals surface area contributed by atoms with Crippen LogP contribution in [0, 0.1) is 18.8 Å². The topological polar surface area (TPSA) is 227 Å². The molecule has 3 aromatic carbocycles. The van der Waals surface area contributed by atoms with Gasteiger partial charge in [-0.3, -0.25) is 9.59 Å². The van der Waals surface area contributed by atoms with Crippen molar-refractivity contribution < 1.29 is 37.1 Å². The van der Waals surface area contributed by atoms with Crippen molar-refractivity contribution in [2.45, 2.75) is 115 Å². The molecule has 0 radical (unpaired) electrons. The lowest BCUT2D eigenvalue weighted by molar-refractivity contribution is -0.130. The Morgan fingerprint density at radius 2 is 1.52 bits per heavy atom. The van der Waals surface area contributed by atoms with E-state index in [1.165, 1.54) is 4.90 Å². The van der Waals surface area contributed by atoms with Crippen LogP contribution in [0.1, 0.15) is 84.8 Å². The van der Waals surface area contributed by atoms with Crippen molar-refractivity contribution in [3.8, 4) is 22.5 Å². The van der Waals surface area contributed by atoms with Crippen LogP contribution in [0.2, 0.25) is 0 Å². The van der Waals surface area contributed by atoms with Crippen LogP contribution in [0.15, 0.2) is 71.6 Å². The molecule has 4 aromatic rings. The third kappa shape index (κ3) is 13.3. The van der Waals surface area contributed by atoms with E-state index >= 15 is 0 Å². The Morgan fingerprint density at radius 3 is 2.14 bits per heavy atom. The van der Waals surface area contributed by atoms with Gasteiger partial charge < -0.3 is 30.3 Å². The number of anilines is 1. The molecule has 1 aliphatic carbocycles. The van der Waals surface area contributed by atoms with Gasteiger partial charge in [0.25, 0.3) is 0 Å². The molecule has 4 amide bonds. The summed E-state index contributed by atoms with van der Waals surface area (Å²) in [4.78, 5) is 54.0. The number of aryl methyl sites for hydroxylation is 1. The minimum absolute atomic E-state index is 0.121. The van der Waals surface area contributed by atoms with E-state index in [-0.39, 0.29) is 41.5 Å². The molecule has 338 valence electrons. The van der Waals surface area contributed by atoms with Gasteiger partial charge in [0, 0.05) is 49.3 Å². The molecule has 1 saturated carbocycles. The van der Waals surface area contributed by atoms with Crippen LogP contribution in [0.25, 0.3) is 22.5 Å². The fourth-order valence-electron chi connectivity index (χ4n) is 7.71. The quantitative estimate of drug-likeness (QED) is 0.103. The van der Waals surface area contributed by atoms with Gasteiger partial charge in [0.2, 0.25) is 27.7 Å². The second-order valence-electron chi connectivity index (χ2n) is 18.4. The zero-order valence-corrected chi connectivity index (χ0v) is 37.8. The third-order valence-electron chi connectivity index (χ3n) is 10.9. The van der Waals surface area contributed by atoms with Crippen LogP contribution < -0.4 is 20.7 Å². The number of H-pyrrole nitrogens is 1. The smallest absolute Gasteiger partial charge is 0.410 e. The molecule has 2 fully saturated rings. The van der Waals surface area contributed by atoms with Gasteiger partial charge in [-0.25, -0.2) is 22.7 Å². The fourth-order valence-corrected chi connectivity index (χ4v) is 9.05. The number of nitrogens with zero attached hydrogens (tertiary/aromatic N) is 4. The highest BCUT2D eigenvalue weighted by Crippen LogP contribution is 2.30. The summed E-state index contributed by atoms with van der Waals surface area (Å²) in [6.45, 7) is 13.7. The number of hydrogen-bond acceptors (Lipinski definition) is 11. The Kier molecular flexibility index (Phi) is 14.6. The molecule has 63 heavy (non-hydrogen) atoms. The summed E-state index contributed by atoms with van der Waals surface area (Å²) in [6, 6.07) is 18.2. The van der Waals surface area contributed by atoms with E-state index in [9.17, 15) is 27.6 Å². The van der Waals surface area contributed by atoms with E-state index in [0.29, 0.717) is 49.4 Å². The van der Waals surface area contributed by atoms with Crippen molar-refractivity contribution in [2.24, 2.45) is 11.8 Å². The van der Waals surface area contributed by atoms with E-state index in [0.717, 1.165) is 35.1 Å². The van der Waals surface area contributed by atoms with E-state index in [2.05, 4.69) is 41.3 Å². The first-order valence-corrected chi connectivity index (χ1v) is 22.8. The summed E-state index contributed by atoms with van der Waals surface area (Å²) in [7, 11) is -3.88. The van der Waals surface area contributed by atoms with Crippen LogP contribution in [-0.2, 0) is 35.5 Å². The second kappa shape index (κ2) is 19.7. The van der Waals surface area contributed by atoms with Gasteiger partial charge in [-0.1, -0.05) is 30.3 Å². The Labute approximate surface area is 368 Å². The average Bonchev–Trinajstić information content (AvgIpc) is 3.93. The van der Waals surface area contributed by atoms with Gasteiger partial charge in [-0.2, -0.15) is 5.21 Å². The zero-order valence-electron chi connectivity index (χ0n) is 37.0. The number of hydrogen-bond donors (Lipinski definition) is 5. The molecule has 1 saturated heterocycles. The summed E-state index contributed by atoms with van der Waals surface area (Å²) in [5.74, 6) is -0.243. The van der Waals surface area contributed by atoms with Crippen molar-refractivity contribution in [3.05, 3.63) is 77.9 Å². The van der Waals surface area contributed by atoms with Gasteiger partial charge in [-0.05, 0) is 150 Å². The molecule has 18 heteroatoms. The maximum atomic E-state index is 13.9. The second-order valence-corrected chi connectivity index (χ2v) is 20.1. The number of aromatic amines is 1. The lowest BCUT2D eigenvalue weighted by atomic mass is 9.81. The van der Waals surface area contributed by atoms with Crippen molar-refractivity contribution in [3.63, 3.8) is 0 Å². The highest BCUT2D eigenvalue weighted by atomic mass is 32.2. The Hall–Kier alpha value is -5.88. The number of carbonyl (C=O) groups is 4. The molecule has 2 heterocycles. The van der Waals surface area contributed by atoms with E-state index in [4.69, 9.17) is 9.47 Å². The summed E-state index contributed by atoms with van der Waals surface area (Å²) >= 11 is 0. The highest BCUT2D eigenvalue weighted by molar-refractivity contribution is 7.89. The molecule has 2 atom stereocenters. The maximum Gasteiger partial charge on any atom is 0.410 e. The van der Waals surface area contributed by atoms with E-state index < -0.39 is 45.5 Å². The van der Waals surface area contributed by atoms with Gasteiger partial charge >= 0.3 is 12.2 Å². The number of rotatable bonds is 13. The fraction of sp³-hybridized carbons (Fsp3) is 0.489. The molecule has 2 aliphatic rings. The SMILES string of the molecule is Cc1cc(S(=O)(=O)N[C@@H]2CCN(C(=O)OC(C)(C)C)C2)ccc1-c1ccc(C[C@H](NC(=O)[C@H]2CC[C@H](CNC(=O)OC(C)(C)C)CC2)C(=O)Nc2ccc(-c3nn[nH]n3)cc2)cc1. The average molecular weight is 886 g/mol. The first kappa shape index (κ1) is 46.6. The molecular weight excluding hydrogens is 827 g/mol. The molecule has 6 rings (SSSR count). The van der Waals surface area contributed by atoms with Crippen molar-refractivity contribution >= 4 is 39.7 Å². The van der Waals surface area contributed by atoms with Crippen LogP contribution >= 0.6 is 0 Å². The molecule has 1 aliphatic heterocycles. The first-order valence-electron chi connectivity index (χ1n) is 21.3. The molecule has 17 nitrogen and oxygen atoms in total. The Morgan fingerprint density at radius 1 is 0.857 bits per heavy atom. The Balaban J connectivity index is 1.10. The minimum Gasteiger partial charge on any atom is -0.444 e. The zero-order chi connectivity index (χ0) is 45.5. The highest BCUT2D eigenvalue weighted by Gasteiger charge is 2.33. The number of amides is 4. The monoisotopic (exact) mass is 885 g/mol. The predicted octanol–water partition coefficient (Wildman–Crippen LogP) is 6.13. The van der Waals surface area contributed by atoms with Crippen molar-refractivity contribution in [1.82, 2.24) is 40.9 Å². The number of likely N-dealkylation sites (tertiary alicyclic amines) is 1. The normalized spacial score (nSPS) is 18.6. The maximum absolute atomic E-state index is 13.9. The van der Waals surface area contributed by atoms with Crippen LogP contribution in [0.5, 0.6) is 0 Å². The number of tetrazole rings is 1. The van der Waals surface area contributed by atoms with Crippen LogP contribution in [0.3, 0.4) is 0 Å². The van der Waals surface area contributed by atoms with Crippen LogP contribution in [0.4, 0.5) is 15.3 Å². The number of aromatic nitrogens is 4. The van der Waals surface area contributed by atoms with Gasteiger partial charge in [-0.15, -0.1) is 10.2 Å². The van der Waals surface area contributed by atoms with Gasteiger partial charge in [0.1, 0.15) is 17.2 Å². The van der Waals surface area contributed by atoms with Crippen molar-refractivity contribution in [2.75, 3.05) is 25.0 Å². The summed E-state index contributed by atoms with van der Waals surface area (Å²) < 4.78 is 40.4. The summed E-state index contributed by atoms with van der Waals surface area (Å²) in [6.07, 6.45) is 2.49. The lowest BCUT2D eigenvalue weighted by Gasteiger charge is -2.29. The predicted molar refractivity (Wildman–Crippen MR) is 237 cm³/mol. The van der Waals surface area contributed by atoms with Crippen molar-refractivity contribution in [1.29, 1.82) is 0 Å². The van der Waals surface area contributed by atoms with Crippen LogP contribution in [-0.4, -0.2) is 101 Å². The number of benzene rings is 3. The lowest BCUT2D eigenvalue weighted by Crippen LogP contribution is -2.48. The number of carbonyl (C=O) groups excluding carboxylic acids is 4. The van der Waals surface area contributed by atoms with Gasteiger partial charge in [0.15, 0.2) is 0 Å². The molecule has 0 unspecified atom stereocenters. The largest absolute Gasteiger partial charge is 0.444 e. The standard InChI is InChI=1S/C45H59N9O8S/c1-28-24-36(63(59,60)51-35-22-23-54(27-35)43(58)62-45(5,6)7)20-21-37(28)31-12-8-29(9-13-31)25-38(41(56)47-34-18-16-32(17-19-34)39-49-52-53-50-39)48-40(55)33-14-10-30(11-15-33)26-46-42(57)61-44(2,3)4/h8-9,12-13,16-21,24,30,33,35,38,51H,10-11,14-15,22-23,25-27H2,1-7H3,(H,46,57)(H,47,56)(H,48,55)(H,49,50,52,53)/t30-,33-,35-,38+/m1/s1. The molecular formula is C45H59N9O8S. The summed E-state index contributed by atoms with van der Waals surface area (Å²) in [5, 5.41) is 22.8. The number of nitrogens with one attached hydrogen (secondary N) is 5. The third-order valence-corrected chi connectivity index (χ3v) is 12.4. The first-order chi connectivity index (χ1) is 29.7. The number of alkyl carbamates (subject to hydrolysis) is 1. The Bertz CT molecular complexity index is 2340. The minimum atomic E-state index is -3.88. The van der Waals surface area contributed by atoms with E-state index in [1.54, 1.807) is 63.2 Å². The molecule has 0 spiro atoms. The summed E-state index contributed by atoms with van der Waals surface area (Å²) in [5.41, 5.74) is 3.24.